The van der Waals surface area contributed by atoms with Crippen molar-refractivity contribution < 1.29 is 4.74 Å². The molecule has 2 rings (SSSR count). The van der Waals surface area contributed by atoms with Crippen molar-refractivity contribution in [2.24, 2.45) is 0 Å². The summed E-state index contributed by atoms with van der Waals surface area (Å²) in [6, 6.07) is 4.45. The highest BCUT2D eigenvalue weighted by atomic mass is 16.5. The van der Waals surface area contributed by atoms with Crippen LogP contribution in [0.4, 0.5) is 5.82 Å². The summed E-state index contributed by atoms with van der Waals surface area (Å²) in [6.07, 6.45) is 1.87. The molecule has 4 nitrogen and oxygen atoms in total. The zero-order valence-corrected chi connectivity index (χ0v) is 11.7. The maximum Gasteiger partial charge on any atom is 0.133 e. The van der Waals surface area contributed by atoms with Gasteiger partial charge in [0.15, 0.2) is 0 Å². The van der Waals surface area contributed by atoms with Crippen molar-refractivity contribution in [1.82, 2.24) is 10.3 Å². The van der Waals surface area contributed by atoms with Crippen LogP contribution in [-0.4, -0.2) is 37.3 Å². The highest BCUT2D eigenvalue weighted by Gasteiger charge is 2.33. The molecule has 2 heterocycles. The normalized spacial score (nSPS) is 20.8. The van der Waals surface area contributed by atoms with E-state index in [1.807, 2.05) is 19.3 Å². The monoisotopic (exact) mass is 249 g/mol. The Hall–Kier alpha value is -1.13. The molecule has 1 aliphatic rings. The lowest BCUT2D eigenvalue weighted by Crippen LogP contribution is -2.54. The minimum atomic E-state index is -0.00514. The van der Waals surface area contributed by atoms with E-state index in [9.17, 15) is 0 Å². The van der Waals surface area contributed by atoms with Crippen LogP contribution in [0.5, 0.6) is 0 Å². The first-order chi connectivity index (χ1) is 8.56. The first-order valence-electron chi connectivity index (χ1n) is 6.54. The van der Waals surface area contributed by atoms with Gasteiger partial charge in [0, 0.05) is 24.3 Å². The summed E-state index contributed by atoms with van der Waals surface area (Å²) in [5.41, 5.74) is 1.24. The summed E-state index contributed by atoms with van der Waals surface area (Å²) >= 11 is 0. The summed E-state index contributed by atoms with van der Waals surface area (Å²) in [5.74, 6) is 1.08. The summed E-state index contributed by atoms with van der Waals surface area (Å²) < 4.78 is 5.58. The topological polar surface area (TPSA) is 37.4 Å². The largest absolute Gasteiger partial charge is 0.377 e. The molecule has 1 N–H and O–H groups in total. The molecule has 0 amide bonds. The van der Waals surface area contributed by atoms with Crippen molar-refractivity contribution in [3.05, 3.63) is 23.9 Å². The number of ether oxygens (including phenoxy) is 1. The first-order valence-corrected chi connectivity index (χ1v) is 6.54. The smallest absolute Gasteiger partial charge is 0.133 e. The molecule has 0 bridgehead atoms. The van der Waals surface area contributed by atoms with E-state index < -0.39 is 0 Å². The molecular weight excluding hydrogens is 226 g/mol. The Kier molecular flexibility index (Phi) is 3.88. The molecule has 0 radical (unpaired) electrons. The molecule has 0 aliphatic carbocycles. The lowest BCUT2D eigenvalue weighted by atomic mass is 10.00. The van der Waals surface area contributed by atoms with Crippen LogP contribution in [0.25, 0.3) is 0 Å². The van der Waals surface area contributed by atoms with Gasteiger partial charge in [0.1, 0.15) is 5.82 Å². The molecule has 1 unspecified atom stereocenters. The minimum absolute atomic E-state index is 0.00514. The number of hydrogen-bond donors (Lipinski definition) is 1. The Balaban J connectivity index is 2.37. The molecule has 0 spiro atoms. The highest BCUT2D eigenvalue weighted by molar-refractivity contribution is 5.51. The molecule has 100 valence electrons. The SMILES string of the molecule is CNC(C)c1cccnc1N1CCOCC1(C)C. The van der Waals surface area contributed by atoms with Crippen LogP contribution in [0.1, 0.15) is 32.4 Å². The number of nitrogens with zero attached hydrogens (tertiary/aromatic N) is 2. The average Bonchev–Trinajstić information content (AvgIpc) is 2.37. The summed E-state index contributed by atoms with van der Waals surface area (Å²) in [4.78, 5) is 6.96. The molecule has 0 aromatic carbocycles. The minimum Gasteiger partial charge on any atom is -0.377 e. The molecule has 1 atom stereocenters. The van der Waals surface area contributed by atoms with E-state index >= 15 is 0 Å². The fourth-order valence-electron chi connectivity index (χ4n) is 2.38. The van der Waals surface area contributed by atoms with Gasteiger partial charge in [-0.05, 0) is 33.9 Å². The van der Waals surface area contributed by atoms with Crippen molar-refractivity contribution in [2.75, 3.05) is 31.7 Å². The highest BCUT2D eigenvalue weighted by Crippen LogP contribution is 2.30. The third kappa shape index (κ3) is 2.49. The zero-order chi connectivity index (χ0) is 13.2. The molecule has 18 heavy (non-hydrogen) atoms. The van der Waals surface area contributed by atoms with E-state index in [1.165, 1.54) is 5.56 Å². The number of aromatic nitrogens is 1. The molecule has 1 aliphatic heterocycles. The van der Waals surface area contributed by atoms with E-state index in [0.717, 1.165) is 25.6 Å². The quantitative estimate of drug-likeness (QED) is 0.889. The van der Waals surface area contributed by atoms with Gasteiger partial charge in [-0.25, -0.2) is 4.98 Å². The fraction of sp³-hybridized carbons (Fsp3) is 0.643. The maximum absolute atomic E-state index is 5.58. The Morgan fingerprint density at radius 2 is 2.28 bits per heavy atom. The molecule has 0 saturated carbocycles. The zero-order valence-electron chi connectivity index (χ0n) is 11.7. The first kappa shape index (κ1) is 13.3. The summed E-state index contributed by atoms with van der Waals surface area (Å²) in [7, 11) is 1.98. The maximum atomic E-state index is 5.58. The lowest BCUT2D eigenvalue weighted by molar-refractivity contribution is 0.0637. The van der Waals surface area contributed by atoms with Crippen molar-refractivity contribution >= 4 is 5.82 Å². The Bertz CT molecular complexity index is 406. The van der Waals surface area contributed by atoms with Gasteiger partial charge in [0.2, 0.25) is 0 Å². The van der Waals surface area contributed by atoms with Crippen molar-refractivity contribution in [3.63, 3.8) is 0 Å². The van der Waals surface area contributed by atoms with E-state index in [4.69, 9.17) is 4.74 Å². The predicted octanol–water partition coefficient (Wildman–Crippen LogP) is 1.98. The summed E-state index contributed by atoms with van der Waals surface area (Å²) in [5, 5.41) is 3.29. The van der Waals surface area contributed by atoms with Gasteiger partial charge >= 0.3 is 0 Å². The lowest BCUT2D eigenvalue weighted by Gasteiger charge is -2.44. The van der Waals surface area contributed by atoms with Crippen LogP contribution >= 0.6 is 0 Å². The Morgan fingerprint density at radius 3 is 2.94 bits per heavy atom. The average molecular weight is 249 g/mol. The van der Waals surface area contributed by atoms with E-state index in [1.54, 1.807) is 0 Å². The van der Waals surface area contributed by atoms with Crippen molar-refractivity contribution in [1.29, 1.82) is 0 Å². The predicted molar refractivity (Wildman–Crippen MR) is 74.0 cm³/mol. The fourth-order valence-corrected chi connectivity index (χ4v) is 2.38. The van der Waals surface area contributed by atoms with Crippen LogP contribution < -0.4 is 10.2 Å². The molecule has 1 saturated heterocycles. The second kappa shape index (κ2) is 5.24. The van der Waals surface area contributed by atoms with Crippen molar-refractivity contribution in [2.45, 2.75) is 32.4 Å². The number of anilines is 1. The molecule has 1 aromatic heterocycles. The number of rotatable bonds is 3. The van der Waals surface area contributed by atoms with Crippen LogP contribution in [-0.2, 0) is 4.74 Å². The second-order valence-electron chi connectivity index (χ2n) is 5.44. The molecule has 1 aromatic rings. The van der Waals surface area contributed by atoms with Crippen LogP contribution in [0.2, 0.25) is 0 Å². The summed E-state index contributed by atoms with van der Waals surface area (Å²) in [6.45, 7) is 8.98. The van der Waals surface area contributed by atoms with Gasteiger partial charge in [0.05, 0.1) is 18.8 Å². The number of pyridine rings is 1. The second-order valence-corrected chi connectivity index (χ2v) is 5.44. The number of nitrogens with one attached hydrogen (secondary N) is 1. The van der Waals surface area contributed by atoms with Gasteiger partial charge < -0.3 is 15.0 Å². The number of hydrogen-bond acceptors (Lipinski definition) is 4. The van der Waals surface area contributed by atoms with Crippen LogP contribution in [0.15, 0.2) is 18.3 Å². The Morgan fingerprint density at radius 1 is 1.50 bits per heavy atom. The van der Waals surface area contributed by atoms with E-state index in [0.29, 0.717) is 6.04 Å². The van der Waals surface area contributed by atoms with Gasteiger partial charge in [0.25, 0.3) is 0 Å². The van der Waals surface area contributed by atoms with Crippen LogP contribution in [0, 0.1) is 0 Å². The van der Waals surface area contributed by atoms with Gasteiger partial charge in [-0.3, -0.25) is 0 Å². The van der Waals surface area contributed by atoms with Gasteiger partial charge in [-0.15, -0.1) is 0 Å². The van der Waals surface area contributed by atoms with E-state index in [-0.39, 0.29) is 5.54 Å². The van der Waals surface area contributed by atoms with Crippen LogP contribution in [0.3, 0.4) is 0 Å². The number of morpholine rings is 1. The molecular formula is C14H23N3O. The standard InChI is InChI=1S/C14H23N3O/c1-11(15-4)12-6-5-7-16-13(12)17-8-9-18-10-14(17,2)3/h5-7,11,15H,8-10H2,1-4H3. The Labute approximate surface area is 109 Å². The van der Waals surface area contributed by atoms with E-state index in [2.05, 4.69) is 42.0 Å². The van der Waals surface area contributed by atoms with Crippen molar-refractivity contribution in [3.8, 4) is 0 Å². The van der Waals surface area contributed by atoms with Gasteiger partial charge in [-0.1, -0.05) is 6.07 Å². The molecule has 4 heteroatoms. The van der Waals surface area contributed by atoms with Gasteiger partial charge in [-0.2, -0.15) is 0 Å². The third-order valence-electron chi connectivity index (χ3n) is 3.62. The third-order valence-corrected chi connectivity index (χ3v) is 3.62. The molecule has 1 fully saturated rings.